The summed E-state index contributed by atoms with van der Waals surface area (Å²) in [5, 5.41) is 3.76. The zero-order chi connectivity index (χ0) is 13.4. The van der Waals surface area contributed by atoms with Crippen molar-refractivity contribution in [3.05, 3.63) is 41.1 Å². The summed E-state index contributed by atoms with van der Waals surface area (Å²) < 4.78 is 6.22. The Morgan fingerprint density at radius 1 is 1.37 bits per heavy atom. The number of nitrogens with one attached hydrogen (secondary N) is 1. The number of fused-ring (bicyclic) bond motifs is 1. The predicted octanol–water partition coefficient (Wildman–Crippen LogP) is 3.15. The molecule has 1 amide bonds. The number of hydrogen-bond acceptors (Lipinski definition) is 5. The predicted molar refractivity (Wildman–Crippen MR) is 73.6 cm³/mol. The van der Waals surface area contributed by atoms with Crippen LogP contribution in [0, 0.1) is 13.8 Å². The van der Waals surface area contributed by atoms with Crippen LogP contribution in [0.3, 0.4) is 0 Å². The normalized spacial score (nSPS) is 10.8. The average molecular weight is 273 g/mol. The van der Waals surface area contributed by atoms with Crippen molar-refractivity contribution in [1.82, 2.24) is 9.97 Å². The molecule has 0 unspecified atom stereocenters. The van der Waals surface area contributed by atoms with Gasteiger partial charge in [-0.2, -0.15) is 0 Å². The molecule has 96 valence electrons. The lowest BCUT2D eigenvalue weighted by Crippen LogP contribution is -2.11. The molecule has 2 heterocycles. The first-order valence-electron chi connectivity index (χ1n) is 5.73. The highest BCUT2D eigenvalue weighted by atomic mass is 32.1. The van der Waals surface area contributed by atoms with Crippen LogP contribution < -0.4 is 5.32 Å². The number of oxazole rings is 1. The molecule has 0 atom stereocenters. The molecule has 3 aromatic rings. The van der Waals surface area contributed by atoms with Crippen molar-refractivity contribution in [2.75, 3.05) is 5.32 Å². The van der Waals surface area contributed by atoms with E-state index in [4.69, 9.17) is 4.42 Å². The van der Waals surface area contributed by atoms with E-state index in [1.54, 1.807) is 18.3 Å². The molecule has 5 nitrogen and oxygen atoms in total. The lowest BCUT2D eigenvalue weighted by atomic mass is 10.3. The fraction of sp³-hybridized carbons (Fsp3) is 0.154. The zero-order valence-corrected chi connectivity index (χ0v) is 11.2. The van der Waals surface area contributed by atoms with Gasteiger partial charge in [0.25, 0.3) is 5.89 Å². The van der Waals surface area contributed by atoms with Crippen LogP contribution in [0.4, 0.5) is 5.69 Å². The molecular weight excluding hydrogens is 262 g/mol. The van der Waals surface area contributed by atoms with Crippen molar-refractivity contribution in [3.8, 4) is 0 Å². The molecule has 0 saturated heterocycles. The van der Waals surface area contributed by atoms with Crippen molar-refractivity contribution in [3.63, 3.8) is 0 Å². The quantitative estimate of drug-likeness (QED) is 0.778. The van der Waals surface area contributed by atoms with E-state index in [1.165, 1.54) is 6.20 Å². The molecule has 0 aliphatic rings. The van der Waals surface area contributed by atoms with Crippen LogP contribution in [0.2, 0.25) is 0 Å². The third kappa shape index (κ3) is 2.34. The van der Waals surface area contributed by atoms with Gasteiger partial charge in [0, 0.05) is 5.69 Å². The summed E-state index contributed by atoms with van der Waals surface area (Å²) in [4.78, 5) is 20.1. The van der Waals surface area contributed by atoms with E-state index < -0.39 is 0 Å². The highest BCUT2D eigenvalue weighted by Gasteiger charge is 2.12. The molecule has 1 aromatic carbocycles. The number of amides is 1. The maximum atomic E-state index is 11.9. The highest BCUT2D eigenvalue weighted by molar-refractivity contribution is 7.18. The summed E-state index contributed by atoms with van der Waals surface area (Å²) in [5.41, 5.74) is 1.64. The van der Waals surface area contributed by atoms with Crippen molar-refractivity contribution in [1.29, 1.82) is 0 Å². The van der Waals surface area contributed by atoms with Crippen LogP contribution in [0.25, 0.3) is 10.2 Å². The number of benzene rings is 1. The van der Waals surface area contributed by atoms with E-state index in [0.29, 0.717) is 11.4 Å². The Morgan fingerprint density at radius 2 is 2.21 bits per heavy atom. The van der Waals surface area contributed by atoms with Gasteiger partial charge in [-0.15, -0.1) is 11.3 Å². The van der Waals surface area contributed by atoms with Crippen molar-refractivity contribution in [2.24, 2.45) is 0 Å². The summed E-state index contributed by atoms with van der Waals surface area (Å²) in [7, 11) is 0. The third-order valence-corrected chi connectivity index (χ3v) is 3.50. The van der Waals surface area contributed by atoms with Gasteiger partial charge < -0.3 is 9.73 Å². The highest BCUT2D eigenvalue weighted by Crippen LogP contribution is 2.24. The molecule has 0 radical (unpaired) electrons. The van der Waals surface area contributed by atoms with E-state index in [-0.39, 0.29) is 11.8 Å². The molecule has 0 bridgehead atoms. The van der Waals surface area contributed by atoms with Gasteiger partial charge in [0.15, 0.2) is 0 Å². The first-order valence-corrected chi connectivity index (χ1v) is 6.54. The van der Waals surface area contributed by atoms with Gasteiger partial charge in [-0.3, -0.25) is 4.79 Å². The Bertz CT molecular complexity index is 760. The third-order valence-electron chi connectivity index (χ3n) is 2.57. The van der Waals surface area contributed by atoms with E-state index in [2.05, 4.69) is 15.3 Å². The molecule has 0 spiro atoms. The lowest BCUT2D eigenvalue weighted by molar-refractivity contribution is 0.0989. The monoisotopic (exact) mass is 273 g/mol. The van der Waals surface area contributed by atoms with Gasteiger partial charge in [-0.25, -0.2) is 9.97 Å². The number of aromatic nitrogens is 2. The molecule has 0 aliphatic carbocycles. The summed E-state index contributed by atoms with van der Waals surface area (Å²) in [6, 6.07) is 5.60. The number of anilines is 1. The Kier molecular flexibility index (Phi) is 2.79. The van der Waals surface area contributed by atoms with Crippen LogP contribution in [0.15, 0.2) is 28.8 Å². The molecule has 0 saturated carbocycles. The second kappa shape index (κ2) is 4.47. The fourth-order valence-electron chi connectivity index (χ4n) is 1.76. The standard InChI is InChI=1S/C13H11N3O2S/c1-7-6-14-13(18-7)12(17)16-9-3-4-10-11(5-9)19-8(2)15-10/h3-6H,1-2H3,(H,16,17). The zero-order valence-electron chi connectivity index (χ0n) is 10.4. The van der Waals surface area contributed by atoms with Crippen molar-refractivity contribution < 1.29 is 9.21 Å². The summed E-state index contributed by atoms with van der Waals surface area (Å²) in [6.07, 6.45) is 1.52. The molecule has 3 rings (SSSR count). The van der Waals surface area contributed by atoms with E-state index in [9.17, 15) is 4.79 Å². The molecule has 0 fully saturated rings. The number of nitrogens with zero attached hydrogens (tertiary/aromatic N) is 2. The molecule has 19 heavy (non-hydrogen) atoms. The molecule has 2 aromatic heterocycles. The molecule has 6 heteroatoms. The van der Waals surface area contributed by atoms with Gasteiger partial charge >= 0.3 is 5.91 Å². The second-order valence-corrected chi connectivity index (χ2v) is 5.38. The van der Waals surface area contributed by atoms with Gasteiger partial charge in [-0.1, -0.05) is 0 Å². The SMILES string of the molecule is Cc1cnc(C(=O)Nc2ccc3nc(C)sc3c2)o1. The minimum atomic E-state index is -0.353. The Labute approximate surface area is 113 Å². The number of carbonyl (C=O) groups is 1. The Balaban J connectivity index is 1.86. The van der Waals surface area contributed by atoms with Crippen LogP contribution in [0.5, 0.6) is 0 Å². The first kappa shape index (κ1) is 11.9. The second-order valence-electron chi connectivity index (χ2n) is 4.15. The van der Waals surface area contributed by atoms with Crippen molar-refractivity contribution in [2.45, 2.75) is 13.8 Å². The average Bonchev–Trinajstić information content (AvgIpc) is 2.93. The van der Waals surface area contributed by atoms with Crippen LogP contribution in [0.1, 0.15) is 21.5 Å². The smallest absolute Gasteiger partial charge is 0.311 e. The molecule has 1 N–H and O–H groups in total. The van der Waals surface area contributed by atoms with Crippen LogP contribution in [-0.4, -0.2) is 15.9 Å². The Morgan fingerprint density at radius 3 is 2.95 bits per heavy atom. The summed E-state index contributed by atoms with van der Waals surface area (Å²) in [5.74, 6) is 0.324. The van der Waals surface area contributed by atoms with E-state index in [1.807, 2.05) is 25.1 Å². The number of thiazole rings is 1. The molecule has 0 aliphatic heterocycles. The van der Waals surface area contributed by atoms with Gasteiger partial charge in [0.1, 0.15) is 5.76 Å². The first-order chi connectivity index (χ1) is 9.11. The van der Waals surface area contributed by atoms with Crippen LogP contribution in [-0.2, 0) is 0 Å². The Hall–Kier alpha value is -2.21. The fourth-order valence-corrected chi connectivity index (χ4v) is 2.63. The summed E-state index contributed by atoms with van der Waals surface area (Å²) >= 11 is 1.59. The maximum absolute atomic E-state index is 11.9. The minimum absolute atomic E-state index is 0.0677. The van der Waals surface area contributed by atoms with E-state index in [0.717, 1.165) is 15.2 Å². The maximum Gasteiger partial charge on any atom is 0.311 e. The minimum Gasteiger partial charge on any atom is -0.438 e. The number of aryl methyl sites for hydroxylation is 2. The topological polar surface area (TPSA) is 68.0 Å². The lowest BCUT2D eigenvalue weighted by Gasteiger charge is -2.01. The number of hydrogen-bond donors (Lipinski definition) is 1. The molecular formula is C13H11N3O2S. The number of carbonyl (C=O) groups excluding carboxylic acids is 1. The van der Waals surface area contributed by atoms with Crippen LogP contribution >= 0.6 is 11.3 Å². The summed E-state index contributed by atoms with van der Waals surface area (Å²) in [6.45, 7) is 3.70. The van der Waals surface area contributed by atoms with Crippen molar-refractivity contribution >= 4 is 33.1 Å². The van der Waals surface area contributed by atoms with Gasteiger partial charge in [0.05, 0.1) is 21.4 Å². The van der Waals surface area contributed by atoms with Gasteiger partial charge in [-0.05, 0) is 32.0 Å². The van der Waals surface area contributed by atoms with Gasteiger partial charge in [0.2, 0.25) is 0 Å². The van der Waals surface area contributed by atoms with E-state index >= 15 is 0 Å². The number of rotatable bonds is 2. The largest absolute Gasteiger partial charge is 0.438 e.